The standard InChI is InChI=1S/C21H19O2P.ClH/c22-21(23)17-24(19-12-6-2-7-13-19,20-14-8-3-9-15-20)16-18-10-4-1-5-11-18;/h1-15H,16-17H2;1H/p+1. The summed E-state index contributed by atoms with van der Waals surface area (Å²) in [5, 5.41) is 12.0. The number of hydrogen-bond acceptors (Lipinski definition) is 1. The van der Waals surface area contributed by atoms with Crippen LogP contribution in [-0.2, 0) is 11.0 Å². The minimum Gasteiger partial charge on any atom is -0.479 e. The molecule has 3 rings (SSSR count). The Morgan fingerprint density at radius 3 is 1.52 bits per heavy atom. The van der Waals surface area contributed by atoms with Crippen molar-refractivity contribution in [3.05, 3.63) is 96.6 Å². The topological polar surface area (TPSA) is 37.3 Å². The van der Waals surface area contributed by atoms with Crippen molar-refractivity contribution in [1.29, 1.82) is 0 Å². The van der Waals surface area contributed by atoms with Gasteiger partial charge in [-0.3, -0.25) is 0 Å². The summed E-state index contributed by atoms with van der Waals surface area (Å²) in [7, 11) is -2.08. The number of rotatable bonds is 6. The van der Waals surface area contributed by atoms with Crippen molar-refractivity contribution in [2.24, 2.45) is 0 Å². The van der Waals surface area contributed by atoms with E-state index in [0.717, 1.165) is 16.8 Å². The third-order valence-corrected chi connectivity index (χ3v) is 8.49. The number of carboxylic acids is 1. The molecule has 0 bridgehead atoms. The fourth-order valence-electron chi connectivity index (χ4n) is 3.12. The first-order chi connectivity index (χ1) is 11.7. The minimum absolute atomic E-state index is 0. The molecule has 0 fully saturated rings. The van der Waals surface area contributed by atoms with E-state index in [1.165, 1.54) is 5.56 Å². The Balaban J connectivity index is 0.00000225. The van der Waals surface area contributed by atoms with Crippen LogP contribution in [0, 0.1) is 0 Å². The summed E-state index contributed by atoms with van der Waals surface area (Å²) in [5.74, 6) is -0.744. The van der Waals surface area contributed by atoms with E-state index < -0.39 is 13.2 Å². The van der Waals surface area contributed by atoms with Crippen LogP contribution in [0.25, 0.3) is 0 Å². The highest BCUT2D eigenvalue weighted by Gasteiger charge is 2.45. The van der Waals surface area contributed by atoms with Crippen LogP contribution in [0.3, 0.4) is 0 Å². The highest BCUT2D eigenvalue weighted by Crippen LogP contribution is 2.58. The lowest BCUT2D eigenvalue weighted by atomic mass is 10.2. The molecule has 0 spiro atoms. The van der Waals surface area contributed by atoms with Gasteiger partial charge >= 0.3 is 5.97 Å². The highest BCUT2D eigenvalue weighted by atomic mass is 35.5. The molecule has 25 heavy (non-hydrogen) atoms. The SMILES string of the molecule is Cl.O=C(O)C[P+](Cc1ccccc1)(c1ccccc1)c1ccccc1. The second-order valence-corrected chi connectivity index (χ2v) is 9.44. The molecule has 3 aromatic rings. The summed E-state index contributed by atoms with van der Waals surface area (Å²) in [4.78, 5) is 11.8. The molecule has 0 heterocycles. The van der Waals surface area contributed by atoms with Gasteiger partial charge in [0.05, 0.1) is 13.4 Å². The molecule has 0 saturated heterocycles. The van der Waals surface area contributed by atoms with Gasteiger partial charge in [0.15, 0.2) is 6.16 Å². The smallest absolute Gasteiger partial charge is 0.342 e. The molecule has 0 aliphatic rings. The van der Waals surface area contributed by atoms with Gasteiger partial charge in [-0.05, 0) is 29.8 Å². The lowest BCUT2D eigenvalue weighted by molar-refractivity contribution is -0.134. The zero-order valence-electron chi connectivity index (χ0n) is 13.8. The first-order valence-electron chi connectivity index (χ1n) is 7.95. The molecule has 128 valence electrons. The van der Waals surface area contributed by atoms with Gasteiger partial charge in [-0.1, -0.05) is 66.7 Å². The Morgan fingerprint density at radius 1 is 0.720 bits per heavy atom. The molecule has 3 aromatic carbocycles. The Kier molecular flexibility index (Phi) is 6.75. The van der Waals surface area contributed by atoms with Gasteiger partial charge in [0.1, 0.15) is 10.6 Å². The molecule has 0 amide bonds. The highest BCUT2D eigenvalue weighted by molar-refractivity contribution is 7.89. The van der Waals surface area contributed by atoms with Crippen molar-refractivity contribution in [1.82, 2.24) is 0 Å². The molecular weight excluding hydrogens is 351 g/mol. The quantitative estimate of drug-likeness (QED) is 0.654. The molecule has 4 heteroatoms. The second kappa shape index (κ2) is 8.80. The van der Waals surface area contributed by atoms with Crippen LogP contribution in [0.5, 0.6) is 0 Å². The van der Waals surface area contributed by atoms with Gasteiger partial charge in [0, 0.05) is 0 Å². The fourth-order valence-corrected chi connectivity index (χ4v) is 7.04. The van der Waals surface area contributed by atoms with Crippen LogP contribution in [0.2, 0.25) is 0 Å². The average molecular weight is 372 g/mol. The Bertz CT molecular complexity index is 752. The van der Waals surface area contributed by atoms with Crippen molar-refractivity contribution in [2.45, 2.75) is 6.16 Å². The predicted octanol–water partition coefficient (Wildman–Crippen LogP) is 4.36. The van der Waals surface area contributed by atoms with Crippen LogP contribution >= 0.6 is 19.7 Å². The third-order valence-electron chi connectivity index (χ3n) is 4.20. The Morgan fingerprint density at radius 2 is 1.12 bits per heavy atom. The number of halogens is 1. The first-order valence-corrected chi connectivity index (χ1v) is 10.1. The molecule has 0 aliphatic heterocycles. The molecule has 0 unspecified atom stereocenters. The van der Waals surface area contributed by atoms with E-state index in [0.29, 0.717) is 0 Å². The maximum absolute atomic E-state index is 11.8. The molecule has 0 atom stereocenters. The van der Waals surface area contributed by atoms with E-state index >= 15 is 0 Å². The van der Waals surface area contributed by atoms with Crippen molar-refractivity contribution in [3.63, 3.8) is 0 Å². The van der Waals surface area contributed by atoms with Crippen molar-refractivity contribution in [3.8, 4) is 0 Å². The Hall–Kier alpha value is -2.15. The van der Waals surface area contributed by atoms with Gasteiger partial charge in [-0.2, -0.15) is 0 Å². The monoisotopic (exact) mass is 371 g/mol. The van der Waals surface area contributed by atoms with Crippen molar-refractivity contribution in [2.75, 3.05) is 6.16 Å². The zero-order chi connectivity index (χ0) is 16.8. The number of benzene rings is 3. The van der Waals surface area contributed by atoms with Gasteiger partial charge < -0.3 is 5.11 Å². The van der Waals surface area contributed by atoms with Crippen molar-refractivity contribution < 1.29 is 9.90 Å². The largest absolute Gasteiger partial charge is 0.479 e. The van der Waals surface area contributed by atoms with Crippen LogP contribution in [0.4, 0.5) is 0 Å². The molecule has 0 saturated carbocycles. The molecule has 2 nitrogen and oxygen atoms in total. The maximum Gasteiger partial charge on any atom is 0.342 e. The van der Waals surface area contributed by atoms with Crippen LogP contribution in [0.15, 0.2) is 91.0 Å². The zero-order valence-corrected chi connectivity index (χ0v) is 15.5. The van der Waals surface area contributed by atoms with E-state index in [1.807, 2.05) is 54.6 Å². The third kappa shape index (κ3) is 4.48. The normalized spacial score (nSPS) is 10.7. The van der Waals surface area contributed by atoms with E-state index in [2.05, 4.69) is 36.4 Å². The summed E-state index contributed by atoms with van der Waals surface area (Å²) < 4.78 is 0. The fraction of sp³-hybridized carbons (Fsp3) is 0.0952. The van der Waals surface area contributed by atoms with Gasteiger partial charge in [0.2, 0.25) is 0 Å². The van der Waals surface area contributed by atoms with E-state index in [-0.39, 0.29) is 18.6 Å². The summed E-state index contributed by atoms with van der Waals surface area (Å²) in [6, 6.07) is 30.5. The number of hydrogen-bond donors (Lipinski definition) is 1. The van der Waals surface area contributed by atoms with Crippen LogP contribution in [-0.4, -0.2) is 17.2 Å². The second-order valence-electron chi connectivity index (χ2n) is 5.83. The van der Waals surface area contributed by atoms with Gasteiger partial charge in [-0.25, -0.2) is 4.79 Å². The summed E-state index contributed by atoms with van der Waals surface area (Å²) in [6.07, 6.45) is 0.921. The van der Waals surface area contributed by atoms with Gasteiger partial charge in [-0.15, -0.1) is 12.4 Å². The molecule has 0 aliphatic carbocycles. The van der Waals surface area contributed by atoms with E-state index in [1.54, 1.807) is 0 Å². The van der Waals surface area contributed by atoms with Crippen LogP contribution < -0.4 is 10.6 Å². The average Bonchev–Trinajstić information content (AvgIpc) is 2.63. The minimum atomic E-state index is -2.08. The molecular formula is C21H21ClO2P+. The van der Waals surface area contributed by atoms with Crippen LogP contribution in [0.1, 0.15) is 5.56 Å². The lowest BCUT2D eigenvalue weighted by Crippen LogP contribution is -2.29. The number of aliphatic carboxylic acids is 1. The molecule has 1 N–H and O–H groups in total. The molecule has 0 aromatic heterocycles. The lowest BCUT2D eigenvalue weighted by Gasteiger charge is -2.26. The first kappa shape index (κ1) is 19.2. The van der Waals surface area contributed by atoms with Crippen molar-refractivity contribution >= 4 is 36.2 Å². The Labute approximate surface area is 155 Å². The summed E-state index contributed by atoms with van der Waals surface area (Å²) >= 11 is 0. The molecule has 0 radical (unpaired) electrons. The van der Waals surface area contributed by atoms with E-state index in [9.17, 15) is 9.90 Å². The number of carboxylic acid groups (broad SMARTS) is 1. The van der Waals surface area contributed by atoms with Gasteiger partial charge in [0.25, 0.3) is 0 Å². The predicted molar refractivity (Wildman–Crippen MR) is 109 cm³/mol. The maximum atomic E-state index is 11.8. The summed E-state index contributed by atoms with van der Waals surface area (Å²) in [5.41, 5.74) is 1.18. The number of carbonyl (C=O) groups is 1. The summed E-state index contributed by atoms with van der Waals surface area (Å²) in [6.45, 7) is 0. The van der Waals surface area contributed by atoms with E-state index in [4.69, 9.17) is 0 Å².